The van der Waals surface area contributed by atoms with Gasteiger partial charge in [-0.3, -0.25) is 0 Å². The van der Waals surface area contributed by atoms with Crippen molar-refractivity contribution in [1.82, 2.24) is 29.4 Å². The summed E-state index contributed by atoms with van der Waals surface area (Å²) < 4.78 is 2.26. The van der Waals surface area contributed by atoms with Crippen LogP contribution in [0.25, 0.3) is 11.0 Å². The number of hydrogen-bond donors (Lipinski definition) is 2. The van der Waals surface area contributed by atoms with Crippen molar-refractivity contribution < 1.29 is 0 Å². The summed E-state index contributed by atoms with van der Waals surface area (Å²) >= 11 is 0. The van der Waals surface area contributed by atoms with Gasteiger partial charge in [0, 0.05) is 67.7 Å². The Hall–Kier alpha value is -3.94. The third kappa shape index (κ3) is 7.02. The molecule has 0 amide bonds. The van der Waals surface area contributed by atoms with Crippen LogP contribution in [0.15, 0.2) is 48.9 Å². The van der Waals surface area contributed by atoms with Crippen LogP contribution in [0.3, 0.4) is 0 Å². The zero-order chi connectivity index (χ0) is 33.1. The monoisotopic (exact) mass is 649 g/mol. The maximum absolute atomic E-state index is 4.99. The van der Waals surface area contributed by atoms with E-state index in [-0.39, 0.29) is 0 Å². The van der Waals surface area contributed by atoms with Gasteiger partial charge in [-0.1, -0.05) is 60.3 Å². The topological polar surface area (TPSA) is 87.0 Å². The van der Waals surface area contributed by atoms with Crippen LogP contribution >= 0.6 is 0 Å². The number of imidazole rings is 1. The van der Waals surface area contributed by atoms with Gasteiger partial charge in [0.2, 0.25) is 11.9 Å². The normalized spacial score (nSPS) is 16.3. The van der Waals surface area contributed by atoms with Gasteiger partial charge in [-0.25, -0.2) is 15.0 Å². The van der Waals surface area contributed by atoms with Gasteiger partial charge in [0.25, 0.3) is 0 Å². The number of nitrogens with one attached hydrogen (secondary N) is 2. The van der Waals surface area contributed by atoms with E-state index < -0.39 is 8.07 Å². The molecule has 47 heavy (non-hydrogen) atoms. The predicted octanol–water partition coefficient (Wildman–Crippen LogP) is 8.14. The SMILES string of the molecule is CC(C)[Si](C#Cc1cc(Nc2nccn2C2CCCC2)nc2nc(Nc3ccc(N4CCN(C)CC4)cc3)ncc12)(C(C)C)C(C)C. The van der Waals surface area contributed by atoms with Crippen molar-refractivity contribution in [3.63, 3.8) is 0 Å². The minimum atomic E-state index is -1.97. The number of likely N-dealkylation sites (N-methyl/N-ethyl adjacent to an activating group) is 1. The number of nitrogens with zero attached hydrogens (tertiary/aromatic N) is 7. The Bertz CT molecular complexity index is 1700. The van der Waals surface area contributed by atoms with Crippen LogP contribution in [0.2, 0.25) is 16.6 Å². The van der Waals surface area contributed by atoms with Crippen molar-refractivity contribution >= 4 is 48.2 Å². The molecule has 0 bridgehead atoms. The summed E-state index contributed by atoms with van der Waals surface area (Å²) in [4.78, 5) is 24.1. The van der Waals surface area contributed by atoms with Gasteiger partial charge in [-0.2, -0.15) is 4.98 Å². The Morgan fingerprint density at radius 2 is 1.53 bits per heavy atom. The summed E-state index contributed by atoms with van der Waals surface area (Å²) in [7, 11) is 0.216. The molecular weight excluding hydrogens is 599 g/mol. The van der Waals surface area contributed by atoms with Gasteiger partial charge in [0.1, 0.15) is 13.9 Å². The van der Waals surface area contributed by atoms with Crippen molar-refractivity contribution in [1.29, 1.82) is 0 Å². The molecule has 2 fully saturated rings. The van der Waals surface area contributed by atoms with Gasteiger partial charge in [-0.05, 0) is 66.8 Å². The zero-order valence-electron chi connectivity index (χ0n) is 29.2. The van der Waals surface area contributed by atoms with Crippen LogP contribution in [-0.2, 0) is 0 Å². The molecule has 248 valence electrons. The first-order valence-corrected chi connectivity index (χ1v) is 19.7. The zero-order valence-corrected chi connectivity index (χ0v) is 30.2. The summed E-state index contributed by atoms with van der Waals surface area (Å²) in [6.07, 6.45) is 10.7. The van der Waals surface area contributed by atoms with E-state index in [1.807, 2.05) is 12.4 Å². The summed E-state index contributed by atoms with van der Waals surface area (Å²) in [5.74, 6) is 5.68. The molecule has 1 aliphatic carbocycles. The Kier molecular flexibility index (Phi) is 9.85. The lowest BCUT2D eigenvalue weighted by molar-refractivity contribution is 0.313. The molecule has 0 radical (unpaired) electrons. The maximum Gasteiger partial charge on any atom is 0.229 e. The lowest BCUT2D eigenvalue weighted by Crippen LogP contribution is -2.44. The molecule has 1 aromatic carbocycles. The van der Waals surface area contributed by atoms with Crippen molar-refractivity contribution in [3.8, 4) is 11.5 Å². The third-order valence-electron chi connectivity index (χ3n) is 10.5. The highest BCUT2D eigenvalue weighted by Gasteiger charge is 2.41. The van der Waals surface area contributed by atoms with E-state index in [2.05, 4.69) is 127 Å². The average Bonchev–Trinajstić information content (AvgIpc) is 3.74. The van der Waals surface area contributed by atoms with E-state index in [0.29, 0.717) is 40.1 Å². The van der Waals surface area contributed by atoms with E-state index >= 15 is 0 Å². The molecule has 1 saturated carbocycles. The van der Waals surface area contributed by atoms with Crippen LogP contribution < -0.4 is 15.5 Å². The lowest BCUT2D eigenvalue weighted by Gasteiger charge is -2.38. The Balaban J connectivity index is 1.35. The third-order valence-corrected chi connectivity index (χ3v) is 16.8. The molecule has 2 N–H and O–H groups in total. The number of piperazine rings is 1. The van der Waals surface area contributed by atoms with Crippen LogP contribution in [0.5, 0.6) is 0 Å². The van der Waals surface area contributed by atoms with Crippen LogP contribution in [0.1, 0.15) is 78.8 Å². The quantitative estimate of drug-likeness (QED) is 0.139. The van der Waals surface area contributed by atoms with Crippen LogP contribution in [-0.4, -0.2) is 70.7 Å². The fraction of sp³-hybridized carbons (Fsp3) is 0.514. The van der Waals surface area contributed by atoms with E-state index in [4.69, 9.17) is 15.0 Å². The van der Waals surface area contributed by atoms with Crippen molar-refractivity contribution in [2.75, 3.05) is 48.8 Å². The first-order valence-electron chi connectivity index (χ1n) is 17.5. The summed E-state index contributed by atoms with van der Waals surface area (Å²) in [6.45, 7) is 18.3. The smallest absolute Gasteiger partial charge is 0.229 e. The molecule has 0 unspecified atom stereocenters. The van der Waals surface area contributed by atoms with E-state index in [0.717, 1.165) is 48.8 Å². The summed E-state index contributed by atoms with van der Waals surface area (Å²) in [5.41, 5.74) is 9.20. The Labute approximate surface area is 281 Å². The molecule has 6 rings (SSSR count). The highest BCUT2D eigenvalue weighted by atomic mass is 28.3. The van der Waals surface area contributed by atoms with Crippen LogP contribution in [0.4, 0.5) is 29.1 Å². The van der Waals surface area contributed by atoms with Crippen molar-refractivity contribution in [3.05, 3.63) is 54.5 Å². The molecule has 4 heterocycles. The number of hydrogen-bond acceptors (Lipinski definition) is 8. The van der Waals surface area contributed by atoms with Crippen LogP contribution in [0, 0.1) is 11.5 Å². The standard InChI is InChI=1S/C37H51N9Si/c1-26(2)47(27(3)4,28(5)6)23-16-29-24-34(42-37-38-17-18-46(37)32-10-8-9-11-32)41-35-33(29)25-39-36(43-35)40-30-12-14-31(15-13-30)45-21-19-44(7)20-22-45/h12-15,17-18,24-28,32H,8-11,19-22H2,1-7H3,(H2,38,39,40,41,42,43). The highest BCUT2D eigenvalue weighted by Crippen LogP contribution is 2.41. The van der Waals surface area contributed by atoms with Gasteiger partial charge < -0.3 is 25.0 Å². The molecule has 1 aliphatic heterocycles. The van der Waals surface area contributed by atoms with Gasteiger partial charge in [-0.15, -0.1) is 5.54 Å². The molecule has 1 saturated heterocycles. The van der Waals surface area contributed by atoms with E-state index in [9.17, 15) is 0 Å². The fourth-order valence-electron chi connectivity index (χ4n) is 7.80. The number of aromatic nitrogens is 5. The number of rotatable bonds is 9. The van der Waals surface area contributed by atoms with E-state index in [1.54, 1.807) is 0 Å². The number of benzene rings is 1. The highest BCUT2D eigenvalue weighted by molar-refractivity contribution is 6.90. The fourth-order valence-corrected chi connectivity index (χ4v) is 13.0. The van der Waals surface area contributed by atoms with Crippen molar-refractivity contribution in [2.24, 2.45) is 0 Å². The largest absolute Gasteiger partial charge is 0.369 e. The first-order chi connectivity index (χ1) is 22.6. The molecule has 2 aliphatic rings. The number of fused-ring (bicyclic) bond motifs is 1. The van der Waals surface area contributed by atoms with Gasteiger partial charge >= 0.3 is 0 Å². The number of pyridine rings is 1. The molecule has 9 nitrogen and oxygen atoms in total. The minimum Gasteiger partial charge on any atom is -0.369 e. The van der Waals surface area contributed by atoms with Gasteiger partial charge in [0.15, 0.2) is 5.65 Å². The summed E-state index contributed by atoms with van der Waals surface area (Å²) in [6, 6.07) is 11.1. The van der Waals surface area contributed by atoms with Crippen molar-refractivity contribution in [2.45, 2.75) is 89.9 Å². The second kappa shape index (κ2) is 14.0. The number of anilines is 5. The average molecular weight is 650 g/mol. The minimum absolute atomic E-state index is 0.468. The molecule has 0 spiro atoms. The second-order valence-corrected chi connectivity index (χ2v) is 19.9. The summed E-state index contributed by atoms with van der Waals surface area (Å²) in [5, 5.41) is 7.80. The molecule has 0 atom stereocenters. The molecule has 10 heteroatoms. The Morgan fingerprint density at radius 1 is 0.851 bits per heavy atom. The lowest BCUT2D eigenvalue weighted by atomic mass is 10.2. The second-order valence-electron chi connectivity index (χ2n) is 14.3. The predicted molar refractivity (Wildman–Crippen MR) is 198 cm³/mol. The molecular formula is C37H51N9Si. The van der Waals surface area contributed by atoms with E-state index in [1.165, 1.54) is 31.4 Å². The Morgan fingerprint density at radius 3 is 2.19 bits per heavy atom. The molecule has 3 aromatic heterocycles. The maximum atomic E-state index is 4.99. The van der Waals surface area contributed by atoms with Gasteiger partial charge in [0.05, 0.1) is 5.39 Å². The first kappa shape index (κ1) is 33.0. The molecule has 4 aromatic rings.